The standard InChI is InChI=1S/C15H15FN2O2S/c16-12-6-2-4-8-14(12)21-10-9-20-13-7-3-1-5-11(13)15(19)18-17/h1-8H,9-10,17H2,(H,18,19). The van der Waals surface area contributed by atoms with Gasteiger partial charge in [-0.3, -0.25) is 10.2 Å². The Morgan fingerprint density at radius 3 is 2.67 bits per heavy atom. The molecule has 0 fully saturated rings. The van der Waals surface area contributed by atoms with Gasteiger partial charge in [0.25, 0.3) is 5.91 Å². The predicted molar refractivity (Wildman–Crippen MR) is 80.7 cm³/mol. The first kappa shape index (κ1) is 15.3. The van der Waals surface area contributed by atoms with Gasteiger partial charge in [0.15, 0.2) is 0 Å². The highest BCUT2D eigenvalue weighted by Gasteiger charge is 2.10. The second-order valence-electron chi connectivity index (χ2n) is 4.10. The highest BCUT2D eigenvalue weighted by atomic mass is 32.2. The van der Waals surface area contributed by atoms with E-state index in [1.54, 1.807) is 42.5 Å². The highest BCUT2D eigenvalue weighted by molar-refractivity contribution is 7.99. The molecule has 0 bridgehead atoms. The van der Waals surface area contributed by atoms with Crippen LogP contribution in [0.15, 0.2) is 53.4 Å². The van der Waals surface area contributed by atoms with E-state index in [0.29, 0.717) is 28.6 Å². The lowest BCUT2D eigenvalue weighted by Crippen LogP contribution is -2.30. The summed E-state index contributed by atoms with van der Waals surface area (Å²) in [5.74, 6) is 5.49. The Hall–Kier alpha value is -2.05. The maximum absolute atomic E-state index is 13.4. The van der Waals surface area contributed by atoms with Crippen molar-refractivity contribution in [2.75, 3.05) is 12.4 Å². The molecule has 4 nitrogen and oxygen atoms in total. The Kier molecular flexibility index (Phi) is 5.59. The van der Waals surface area contributed by atoms with E-state index in [9.17, 15) is 9.18 Å². The number of carbonyl (C=O) groups excluding carboxylic acids is 1. The molecule has 0 heterocycles. The van der Waals surface area contributed by atoms with Crippen molar-refractivity contribution in [2.24, 2.45) is 5.84 Å². The van der Waals surface area contributed by atoms with Crippen molar-refractivity contribution >= 4 is 17.7 Å². The maximum atomic E-state index is 13.4. The fraction of sp³-hybridized carbons (Fsp3) is 0.133. The molecule has 2 aromatic rings. The van der Waals surface area contributed by atoms with Crippen LogP contribution in [0.2, 0.25) is 0 Å². The van der Waals surface area contributed by atoms with Crippen molar-refractivity contribution in [1.29, 1.82) is 0 Å². The number of halogens is 1. The van der Waals surface area contributed by atoms with E-state index in [1.807, 2.05) is 0 Å². The molecular weight excluding hydrogens is 291 g/mol. The zero-order valence-electron chi connectivity index (χ0n) is 11.2. The minimum atomic E-state index is -0.410. The van der Waals surface area contributed by atoms with Gasteiger partial charge in [0.05, 0.1) is 12.2 Å². The lowest BCUT2D eigenvalue weighted by molar-refractivity contribution is 0.0950. The van der Waals surface area contributed by atoms with Gasteiger partial charge in [0.1, 0.15) is 11.6 Å². The molecule has 0 aliphatic carbocycles. The summed E-state index contributed by atoms with van der Waals surface area (Å²) in [4.78, 5) is 12.1. The van der Waals surface area contributed by atoms with Gasteiger partial charge < -0.3 is 4.74 Å². The summed E-state index contributed by atoms with van der Waals surface area (Å²) in [6, 6.07) is 13.4. The molecule has 0 aliphatic rings. The van der Waals surface area contributed by atoms with Crippen LogP contribution < -0.4 is 16.0 Å². The first-order valence-electron chi connectivity index (χ1n) is 6.32. The first-order chi connectivity index (χ1) is 10.2. The summed E-state index contributed by atoms with van der Waals surface area (Å²) in [5, 5.41) is 0. The van der Waals surface area contributed by atoms with Crippen LogP contribution in [-0.2, 0) is 0 Å². The molecule has 6 heteroatoms. The summed E-state index contributed by atoms with van der Waals surface area (Å²) >= 11 is 1.36. The van der Waals surface area contributed by atoms with Crippen molar-refractivity contribution in [3.63, 3.8) is 0 Å². The molecule has 0 unspecified atom stereocenters. The largest absolute Gasteiger partial charge is 0.492 e. The minimum absolute atomic E-state index is 0.245. The van der Waals surface area contributed by atoms with E-state index in [4.69, 9.17) is 10.6 Å². The summed E-state index contributed by atoms with van der Waals surface area (Å²) in [6.07, 6.45) is 0. The van der Waals surface area contributed by atoms with E-state index in [0.717, 1.165) is 0 Å². The molecule has 0 spiro atoms. The fourth-order valence-electron chi connectivity index (χ4n) is 1.72. The summed E-state index contributed by atoms with van der Waals surface area (Å²) in [7, 11) is 0. The van der Waals surface area contributed by atoms with Gasteiger partial charge in [-0.05, 0) is 24.3 Å². The molecule has 110 valence electrons. The SMILES string of the molecule is NNC(=O)c1ccccc1OCCSc1ccccc1F. The maximum Gasteiger partial charge on any atom is 0.268 e. The molecule has 3 N–H and O–H groups in total. The Balaban J connectivity index is 1.90. The highest BCUT2D eigenvalue weighted by Crippen LogP contribution is 2.22. The van der Waals surface area contributed by atoms with Gasteiger partial charge in [-0.15, -0.1) is 11.8 Å². The number of para-hydroxylation sites is 1. The van der Waals surface area contributed by atoms with Crippen LogP contribution in [-0.4, -0.2) is 18.3 Å². The van der Waals surface area contributed by atoms with E-state index in [-0.39, 0.29) is 5.82 Å². The fourth-order valence-corrected chi connectivity index (χ4v) is 2.49. The normalized spacial score (nSPS) is 10.2. The molecule has 21 heavy (non-hydrogen) atoms. The molecule has 0 saturated heterocycles. The molecule has 2 rings (SSSR count). The lowest BCUT2D eigenvalue weighted by Gasteiger charge is -2.10. The number of benzene rings is 2. The third-order valence-electron chi connectivity index (χ3n) is 2.70. The molecule has 1 amide bonds. The number of rotatable bonds is 6. The summed E-state index contributed by atoms with van der Waals surface area (Å²) in [6.45, 7) is 0.355. The first-order valence-corrected chi connectivity index (χ1v) is 7.31. The Labute approximate surface area is 126 Å². The van der Waals surface area contributed by atoms with Gasteiger partial charge in [0.2, 0.25) is 0 Å². The molecule has 0 radical (unpaired) electrons. The zero-order chi connectivity index (χ0) is 15.1. The zero-order valence-corrected chi connectivity index (χ0v) is 12.0. The number of thioether (sulfide) groups is 1. The Morgan fingerprint density at radius 1 is 1.19 bits per heavy atom. The number of nitrogens with two attached hydrogens (primary N) is 1. The van der Waals surface area contributed by atoms with Gasteiger partial charge in [0, 0.05) is 10.6 Å². The Morgan fingerprint density at radius 2 is 1.90 bits per heavy atom. The van der Waals surface area contributed by atoms with Crippen molar-refractivity contribution in [2.45, 2.75) is 4.90 Å². The minimum Gasteiger partial charge on any atom is -0.492 e. The third-order valence-corrected chi connectivity index (χ3v) is 3.71. The second kappa shape index (κ2) is 7.66. The van der Waals surface area contributed by atoms with Gasteiger partial charge in [-0.1, -0.05) is 24.3 Å². The molecule has 0 aromatic heterocycles. The lowest BCUT2D eigenvalue weighted by atomic mass is 10.2. The number of nitrogen functional groups attached to an aromatic ring is 1. The third kappa shape index (κ3) is 4.21. The van der Waals surface area contributed by atoms with Crippen LogP contribution in [0, 0.1) is 5.82 Å². The number of nitrogens with one attached hydrogen (secondary N) is 1. The number of hydrogen-bond acceptors (Lipinski definition) is 4. The quantitative estimate of drug-likeness (QED) is 0.283. The van der Waals surface area contributed by atoms with Crippen LogP contribution in [0.1, 0.15) is 10.4 Å². The van der Waals surface area contributed by atoms with E-state index in [2.05, 4.69) is 5.43 Å². The van der Waals surface area contributed by atoms with Gasteiger partial charge in [-0.2, -0.15) is 0 Å². The van der Waals surface area contributed by atoms with Crippen molar-refractivity contribution < 1.29 is 13.9 Å². The number of hydrazine groups is 1. The number of carbonyl (C=O) groups is 1. The second-order valence-corrected chi connectivity index (χ2v) is 5.23. The topological polar surface area (TPSA) is 64.3 Å². The van der Waals surface area contributed by atoms with E-state index < -0.39 is 5.91 Å². The number of amides is 1. The predicted octanol–water partition coefficient (Wildman–Crippen LogP) is 2.60. The van der Waals surface area contributed by atoms with Crippen LogP contribution >= 0.6 is 11.8 Å². The number of ether oxygens (including phenoxy) is 1. The molecule has 0 atom stereocenters. The van der Waals surface area contributed by atoms with Crippen molar-refractivity contribution in [3.05, 3.63) is 59.9 Å². The number of hydrogen-bond donors (Lipinski definition) is 2. The average molecular weight is 306 g/mol. The smallest absolute Gasteiger partial charge is 0.268 e. The van der Waals surface area contributed by atoms with E-state index >= 15 is 0 Å². The van der Waals surface area contributed by atoms with Crippen molar-refractivity contribution in [1.82, 2.24) is 5.43 Å². The van der Waals surface area contributed by atoms with Gasteiger partial charge in [-0.25, -0.2) is 10.2 Å². The van der Waals surface area contributed by atoms with Crippen LogP contribution in [0.4, 0.5) is 4.39 Å². The molecule has 0 saturated carbocycles. The molecular formula is C15H15FN2O2S. The molecule has 2 aromatic carbocycles. The monoisotopic (exact) mass is 306 g/mol. The summed E-state index contributed by atoms with van der Waals surface area (Å²) < 4.78 is 19.0. The molecule has 0 aliphatic heterocycles. The van der Waals surface area contributed by atoms with Crippen molar-refractivity contribution in [3.8, 4) is 5.75 Å². The van der Waals surface area contributed by atoms with Gasteiger partial charge >= 0.3 is 0 Å². The van der Waals surface area contributed by atoms with Crippen LogP contribution in [0.5, 0.6) is 5.75 Å². The van der Waals surface area contributed by atoms with Crippen LogP contribution in [0.25, 0.3) is 0 Å². The van der Waals surface area contributed by atoms with Crippen LogP contribution in [0.3, 0.4) is 0 Å². The Bertz CT molecular complexity index is 622. The van der Waals surface area contributed by atoms with E-state index in [1.165, 1.54) is 17.8 Å². The average Bonchev–Trinajstić information content (AvgIpc) is 2.52. The summed E-state index contributed by atoms with van der Waals surface area (Å²) in [5.41, 5.74) is 2.44.